The molecule has 0 amide bonds. The van der Waals surface area contributed by atoms with E-state index in [1.807, 2.05) is 6.33 Å². The minimum atomic E-state index is -10.7. The first kappa shape index (κ1) is 23.6. The second-order valence-corrected chi connectivity index (χ2v) is 12.7. The third-order valence-electron chi connectivity index (χ3n) is 5.24. The summed E-state index contributed by atoms with van der Waals surface area (Å²) in [4.78, 5) is 4.25. The number of rotatable bonds is 4. The molecule has 1 aromatic heterocycles. The van der Waals surface area contributed by atoms with Gasteiger partial charge in [-0.2, -0.15) is 5.26 Å². The summed E-state index contributed by atoms with van der Waals surface area (Å²) in [5, 5.41) is 13.8. The summed E-state index contributed by atoms with van der Waals surface area (Å²) in [6, 6.07) is 2.11. The molecule has 1 aromatic rings. The van der Waals surface area contributed by atoms with Gasteiger partial charge in [-0.05, 0) is 38.5 Å². The Kier molecular flexibility index (Phi) is 6.15. The third kappa shape index (κ3) is 6.01. The quantitative estimate of drug-likeness (QED) is 0.429. The molecule has 0 N–H and O–H groups in total. The largest absolute Gasteiger partial charge is 0.354 e. The number of nitriles is 1. The van der Waals surface area contributed by atoms with Crippen LogP contribution in [0.5, 0.6) is 0 Å². The zero-order valence-electron chi connectivity index (χ0n) is 16.4. The average Bonchev–Trinajstić information content (AvgIpc) is 3.41. The molecule has 30 heavy (non-hydrogen) atoms. The van der Waals surface area contributed by atoms with Crippen molar-refractivity contribution < 1.29 is 25.2 Å². The monoisotopic (exact) mass is 479 g/mol. The Morgan fingerprint density at radius 3 is 1.37 bits per heavy atom. The predicted octanol–water partition coefficient (Wildman–Crippen LogP) is 5.35. The molecule has 15 heteroatoms. The third-order valence-corrected chi connectivity index (χ3v) is 9.46. The van der Waals surface area contributed by atoms with E-state index in [2.05, 4.69) is 34.6 Å². The molecule has 4 heterocycles. The van der Waals surface area contributed by atoms with Gasteiger partial charge in [0, 0.05) is 39.3 Å². The van der Waals surface area contributed by atoms with Gasteiger partial charge >= 0.3 is 40.9 Å². The van der Waals surface area contributed by atoms with E-state index >= 15 is 0 Å². The van der Waals surface area contributed by atoms with Crippen LogP contribution < -0.4 is 0 Å². The second kappa shape index (κ2) is 7.82. The Bertz CT molecular complexity index is 723. The summed E-state index contributed by atoms with van der Waals surface area (Å²) in [7, 11) is -12.5. The van der Waals surface area contributed by atoms with Crippen molar-refractivity contribution in [2.45, 2.75) is 38.5 Å². The second-order valence-electron chi connectivity index (χ2n) is 7.58. The molecule has 0 radical (unpaired) electrons. The van der Waals surface area contributed by atoms with Crippen molar-refractivity contribution in [3.8, 4) is 6.07 Å². The molecule has 0 unspecified atom stereocenters. The Hall–Kier alpha value is -1.05. The van der Waals surface area contributed by atoms with Crippen molar-refractivity contribution in [3.05, 3.63) is 12.2 Å². The van der Waals surface area contributed by atoms with Crippen LogP contribution in [0.2, 0.25) is 0 Å². The number of nitrogens with zero attached hydrogens (tertiary/aromatic N) is 7. The molecule has 172 valence electrons. The van der Waals surface area contributed by atoms with E-state index in [1.54, 1.807) is 0 Å². The number of hydrogen-bond acceptors (Lipinski definition) is 6. The van der Waals surface area contributed by atoms with Gasteiger partial charge in [-0.25, -0.2) is 4.98 Å². The molecular weight excluding hydrogens is 454 g/mol. The van der Waals surface area contributed by atoms with Gasteiger partial charge in [0.15, 0.2) is 6.33 Å². The number of aromatic nitrogens is 3. The zero-order valence-corrected chi connectivity index (χ0v) is 18.1. The van der Waals surface area contributed by atoms with Gasteiger partial charge < -0.3 is 0 Å². The maximum atomic E-state index is 9.87. The first-order valence-electron chi connectivity index (χ1n) is 9.85. The summed E-state index contributed by atoms with van der Waals surface area (Å²) in [6.07, 6.45) is 9.42. The molecular formula is C15H25F6N7P2. The molecule has 0 aromatic carbocycles. The van der Waals surface area contributed by atoms with E-state index < -0.39 is 15.7 Å². The molecule has 3 fully saturated rings. The van der Waals surface area contributed by atoms with Crippen molar-refractivity contribution in [3.63, 3.8) is 0 Å². The molecule has 7 nitrogen and oxygen atoms in total. The Morgan fingerprint density at radius 1 is 0.767 bits per heavy atom. The van der Waals surface area contributed by atoms with E-state index in [-0.39, 0.29) is 0 Å². The minimum Gasteiger partial charge on any atom is -0.202 e. The topological polar surface area (TPSA) is 64.2 Å². The maximum absolute atomic E-state index is 10.7. The summed E-state index contributed by atoms with van der Waals surface area (Å²) < 4.78 is 69.3. The minimum absolute atomic E-state index is 0.298. The van der Waals surface area contributed by atoms with Crippen molar-refractivity contribution in [1.29, 1.82) is 5.26 Å². The zero-order chi connectivity index (χ0) is 22.1. The molecule has 4 rings (SSSR count). The van der Waals surface area contributed by atoms with E-state index in [4.69, 9.17) is 0 Å². The molecule has 3 aliphatic heterocycles. The van der Waals surface area contributed by atoms with Gasteiger partial charge in [0.05, 0.1) is 0 Å². The van der Waals surface area contributed by atoms with Crippen LogP contribution in [0.3, 0.4) is 0 Å². The molecule has 0 saturated carbocycles. The smallest absolute Gasteiger partial charge is 0.202 e. The van der Waals surface area contributed by atoms with Crippen LogP contribution in [-0.2, 0) is 0 Å². The molecule has 0 atom stereocenters. The van der Waals surface area contributed by atoms with Gasteiger partial charge in [0.25, 0.3) is 5.82 Å². The van der Waals surface area contributed by atoms with Gasteiger partial charge in [0.2, 0.25) is 0 Å². The first-order valence-corrected chi connectivity index (χ1v) is 13.5. The van der Waals surface area contributed by atoms with E-state index in [0.717, 1.165) is 39.3 Å². The number of halogens is 6. The molecule has 0 aliphatic carbocycles. The van der Waals surface area contributed by atoms with Crippen molar-refractivity contribution in [1.82, 2.24) is 28.5 Å². The summed E-state index contributed by atoms with van der Waals surface area (Å²) >= 11 is 0. The standard InChI is InChI=1S/C15H25N7P.F6P/c16-13-15-17-14-22(18-15)23(19-7-1-2-8-19,20-9-3-4-10-20)21-11-5-6-12-21;1-7(2,3,4,5)6/h14H,1-12H2;/q+1;-1. The fourth-order valence-corrected chi connectivity index (χ4v) is 8.97. The van der Waals surface area contributed by atoms with E-state index in [1.165, 1.54) is 38.5 Å². The predicted molar refractivity (Wildman–Crippen MR) is 103 cm³/mol. The first-order chi connectivity index (χ1) is 13.8. The van der Waals surface area contributed by atoms with Crippen LogP contribution in [0.15, 0.2) is 6.33 Å². The van der Waals surface area contributed by atoms with E-state index in [9.17, 15) is 30.4 Å². The van der Waals surface area contributed by atoms with Crippen LogP contribution >= 0.6 is 15.7 Å². The summed E-state index contributed by atoms with van der Waals surface area (Å²) in [5.41, 5.74) is 0. The Labute approximate surface area is 171 Å². The Balaban J connectivity index is 0.000000318. The molecule has 3 saturated heterocycles. The van der Waals surface area contributed by atoms with Crippen molar-refractivity contribution >= 4 is 15.7 Å². The van der Waals surface area contributed by atoms with Crippen molar-refractivity contribution in [2.24, 2.45) is 0 Å². The van der Waals surface area contributed by atoms with Gasteiger partial charge in [-0.15, -0.1) is 19.1 Å². The van der Waals surface area contributed by atoms with Crippen LogP contribution in [0.25, 0.3) is 0 Å². The van der Waals surface area contributed by atoms with Crippen LogP contribution in [0.4, 0.5) is 25.2 Å². The fraction of sp³-hybridized carbons (Fsp3) is 0.800. The normalized spacial score (nSPS) is 24.2. The molecule has 3 aliphatic rings. The SMILES string of the molecule is F[P-](F)(F)(F)(F)F.N#Cc1ncn([P+](N2CCCC2)(N2CCCC2)N2CCCC2)n1. The molecule has 0 spiro atoms. The van der Waals surface area contributed by atoms with E-state index in [0.29, 0.717) is 5.82 Å². The van der Waals surface area contributed by atoms with Gasteiger partial charge in [-0.1, -0.05) is 4.45 Å². The maximum Gasteiger partial charge on any atom is 0.354 e. The van der Waals surface area contributed by atoms with Crippen LogP contribution in [0.1, 0.15) is 44.3 Å². The van der Waals surface area contributed by atoms with Crippen LogP contribution in [-0.4, -0.2) is 67.8 Å². The molecule has 0 bridgehead atoms. The summed E-state index contributed by atoms with van der Waals surface area (Å²) in [5.74, 6) is 0.298. The Morgan fingerprint density at radius 2 is 1.10 bits per heavy atom. The van der Waals surface area contributed by atoms with Gasteiger partial charge in [0.1, 0.15) is 6.07 Å². The number of hydrogen-bond donors (Lipinski definition) is 0. The van der Waals surface area contributed by atoms with Crippen LogP contribution in [0, 0.1) is 11.3 Å². The fourth-order valence-electron chi connectivity index (χ4n) is 4.27. The van der Waals surface area contributed by atoms with Crippen molar-refractivity contribution in [2.75, 3.05) is 39.3 Å². The van der Waals surface area contributed by atoms with Gasteiger partial charge in [-0.3, -0.25) is 0 Å². The summed E-state index contributed by atoms with van der Waals surface area (Å²) in [6.45, 7) is 6.85. The average molecular weight is 479 g/mol.